The normalized spacial score (nSPS) is 10.6. The Morgan fingerprint density at radius 3 is 2.26 bits per heavy atom. The van der Waals surface area contributed by atoms with Gasteiger partial charge in [-0.05, 0) is 62.1 Å². The zero-order chi connectivity index (χ0) is 22.4. The summed E-state index contributed by atoms with van der Waals surface area (Å²) < 4.78 is 0.683. The zero-order valence-corrected chi connectivity index (χ0v) is 19.5. The maximum atomic E-state index is 12.1. The molecule has 1 aromatic heterocycles. The second-order valence-electron chi connectivity index (χ2n) is 7.11. The van der Waals surface area contributed by atoms with E-state index in [0.29, 0.717) is 9.47 Å². The SMILES string of the molecule is Cc1cccc(NC(=O)CNC(=O)CSc2nnc(Nc3cccc(C)c3C)s2)c1C. The van der Waals surface area contributed by atoms with E-state index < -0.39 is 0 Å². The van der Waals surface area contributed by atoms with Crippen molar-refractivity contribution in [3.8, 4) is 0 Å². The Morgan fingerprint density at radius 2 is 1.55 bits per heavy atom. The Kier molecular flexibility index (Phi) is 7.64. The minimum Gasteiger partial charge on any atom is -0.346 e. The summed E-state index contributed by atoms with van der Waals surface area (Å²) in [4.78, 5) is 24.2. The molecule has 3 rings (SSSR count). The van der Waals surface area contributed by atoms with Gasteiger partial charge < -0.3 is 16.0 Å². The molecule has 7 nitrogen and oxygen atoms in total. The minimum atomic E-state index is -0.261. The van der Waals surface area contributed by atoms with Gasteiger partial charge in [0.2, 0.25) is 16.9 Å². The number of hydrogen-bond donors (Lipinski definition) is 3. The van der Waals surface area contributed by atoms with E-state index in [0.717, 1.165) is 28.1 Å². The highest BCUT2D eigenvalue weighted by molar-refractivity contribution is 8.01. The Bertz CT molecular complexity index is 1100. The van der Waals surface area contributed by atoms with Crippen molar-refractivity contribution in [2.45, 2.75) is 32.0 Å². The van der Waals surface area contributed by atoms with E-state index in [4.69, 9.17) is 0 Å². The largest absolute Gasteiger partial charge is 0.346 e. The van der Waals surface area contributed by atoms with Crippen LogP contribution in [0.5, 0.6) is 0 Å². The second-order valence-corrected chi connectivity index (χ2v) is 9.31. The van der Waals surface area contributed by atoms with Gasteiger partial charge in [-0.15, -0.1) is 10.2 Å². The molecule has 162 valence electrons. The van der Waals surface area contributed by atoms with Crippen molar-refractivity contribution in [3.63, 3.8) is 0 Å². The van der Waals surface area contributed by atoms with Crippen LogP contribution in [-0.2, 0) is 9.59 Å². The standard InChI is InChI=1S/C22H25N5O2S2/c1-13-7-5-9-17(15(13)3)24-19(28)11-23-20(29)12-30-22-27-26-21(31-22)25-18-10-6-8-14(2)16(18)4/h5-10H,11-12H2,1-4H3,(H,23,29)(H,24,28)(H,25,26). The van der Waals surface area contributed by atoms with Crippen molar-refractivity contribution in [1.82, 2.24) is 15.5 Å². The van der Waals surface area contributed by atoms with Crippen LogP contribution in [0.1, 0.15) is 22.3 Å². The lowest BCUT2D eigenvalue weighted by molar-refractivity contribution is -0.122. The van der Waals surface area contributed by atoms with Crippen LogP contribution in [0.2, 0.25) is 0 Å². The number of carbonyl (C=O) groups is 2. The molecule has 0 bridgehead atoms. The fourth-order valence-electron chi connectivity index (χ4n) is 2.76. The number of benzene rings is 2. The van der Waals surface area contributed by atoms with Crippen LogP contribution in [0.4, 0.5) is 16.5 Å². The first kappa shape index (κ1) is 22.8. The topological polar surface area (TPSA) is 96.0 Å². The average molecular weight is 456 g/mol. The molecule has 31 heavy (non-hydrogen) atoms. The van der Waals surface area contributed by atoms with Crippen LogP contribution in [0.15, 0.2) is 40.7 Å². The summed E-state index contributed by atoms with van der Waals surface area (Å²) in [6, 6.07) is 11.8. The summed E-state index contributed by atoms with van der Waals surface area (Å²) in [5.74, 6) is -0.335. The number of aromatic nitrogens is 2. The van der Waals surface area contributed by atoms with Gasteiger partial charge in [0, 0.05) is 11.4 Å². The van der Waals surface area contributed by atoms with Gasteiger partial charge in [0.25, 0.3) is 0 Å². The second kappa shape index (κ2) is 10.4. The molecule has 0 aliphatic rings. The van der Waals surface area contributed by atoms with Crippen molar-refractivity contribution in [2.75, 3.05) is 22.9 Å². The van der Waals surface area contributed by atoms with E-state index in [9.17, 15) is 9.59 Å². The number of nitrogens with zero attached hydrogens (tertiary/aromatic N) is 2. The number of carbonyl (C=O) groups excluding carboxylic acids is 2. The summed E-state index contributed by atoms with van der Waals surface area (Å²) in [5, 5.41) is 17.7. The fourth-order valence-corrected chi connectivity index (χ4v) is 4.35. The van der Waals surface area contributed by atoms with Crippen LogP contribution in [0, 0.1) is 27.7 Å². The van der Waals surface area contributed by atoms with Crippen molar-refractivity contribution < 1.29 is 9.59 Å². The Morgan fingerprint density at radius 1 is 0.903 bits per heavy atom. The summed E-state index contributed by atoms with van der Waals surface area (Å²) in [5.41, 5.74) is 6.21. The lowest BCUT2D eigenvalue weighted by Gasteiger charge is -2.10. The maximum absolute atomic E-state index is 12.1. The first-order chi connectivity index (χ1) is 14.8. The predicted molar refractivity (Wildman–Crippen MR) is 127 cm³/mol. The van der Waals surface area contributed by atoms with Gasteiger partial charge in [0.1, 0.15) is 0 Å². The number of thioether (sulfide) groups is 1. The number of aryl methyl sites for hydroxylation is 2. The monoisotopic (exact) mass is 455 g/mol. The quantitative estimate of drug-likeness (QED) is 0.437. The highest BCUT2D eigenvalue weighted by atomic mass is 32.2. The van der Waals surface area contributed by atoms with E-state index in [1.165, 1.54) is 28.7 Å². The van der Waals surface area contributed by atoms with Crippen LogP contribution in [0.25, 0.3) is 0 Å². The fraction of sp³-hybridized carbons (Fsp3) is 0.273. The van der Waals surface area contributed by atoms with Gasteiger partial charge >= 0.3 is 0 Å². The molecule has 3 N–H and O–H groups in total. The summed E-state index contributed by atoms with van der Waals surface area (Å²) in [6.07, 6.45) is 0. The van der Waals surface area contributed by atoms with Crippen molar-refractivity contribution in [1.29, 1.82) is 0 Å². The highest BCUT2D eigenvalue weighted by Gasteiger charge is 2.11. The molecule has 0 saturated carbocycles. The van der Waals surface area contributed by atoms with Gasteiger partial charge in [-0.1, -0.05) is 47.4 Å². The number of amides is 2. The van der Waals surface area contributed by atoms with Crippen molar-refractivity contribution >= 4 is 51.4 Å². The summed E-state index contributed by atoms with van der Waals surface area (Å²) >= 11 is 2.67. The van der Waals surface area contributed by atoms with E-state index in [2.05, 4.69) is 46.1 Å². The first-order valence-electron chi connectivity index (χ1n) is 9.76. The molecule has 3 aromatic rings. The maximum Gasteiger partial charge on any atom is 0.243 e. The van der Waals surface area contributed by atoms with Gasteiger partial charge in [-0.25, -0.2) is 0 Å². The average Bonchev–Trinajstić information content (AvgIpc) is 3.19. The van der Waals surface area contributed by atoms with Gasteiger partial charge in [-0.2, -0.15) is 0 Å². The third-order valence-corrected chi connectivity index (χ3v) is 6.88. The molecule has 0 spiro atoms. The molecule has 9 heteroatoms. The molecule has 0 unspecified atom stereocenters. The van der Waals surface area contributed by atoms with Gasteiger partial charge in [0.05, 0.1) is 12.3 Å². The molecule has 0 radical (unpaired) electrons. The van der Waals surface area contributed by atoms with Crippen LogP contribution in [0.3, 0.4) is 0 Å². The third-order valence-electron chi connectivity index (χ3n) is 4.90. The molecular weight excluding hydrogens is 430 g/mol. The van der Waals surface area contributed by atoms with Crippen LogP contribution in [-0.4, -0.2) is 34.3 Å². The number of hydrogen-bond acceptors (Lipinski definition) is 7. The van der Waals surface area contributed by atoms with Gasteiger partial charge in [0.15, 0.2) is 4.34 Å². The van der Waals surface area contributed by atoms with Gasteiger partial charge in [-0.3, -0.25) is 9.59 Å². The van der Waals surface area contributed by atoms with Crippen molar-refractivity contribution in [3.05, 3.63) is 58.7 Å². The van der Waals surface area contributed by atoms with E-state index in [1.807, 2.05) is 44.2 Å². The molecule has 2 amide bonds. The van der Waals surface area contributed by atoms with Crippen molar-refractivity contribution in [2.24, 2.45) is 0 Å². The first-order valence-corrected chi connectivity index (χ1v) is 11.6. The summed E-state index contributed by atoms with van der Waals surface area (Å²) in [6.45, 7) is 7.96. The molecule has 0 atom stereocenters. The van der Waals surface area contributed by atoms with E-state index in [-0.39, 0.29) is 24.1 Å². The predicted octanol–water partition coefficient (Wildman–Crippen LogP) is 4.36. The minimum absolute atomic E-state index is 0.0810. The summed E-state index contributed by atoms with van der Waals surface area (Å²) in [7, 11) is 0. The van der Waals surface area contributed by atoms with Crippen LogP contribution >= 0.6 is 23.1 Å². The smallest absolute Gasteiger partial charge is 0.243 e. The molecule has 0 fully saturated rings. The van der Waals surface area contributed by atoms with E-state index in [1.54, 1.807) is 0 Å². The molecule has 0 aliphatic carbocycles. The molecule has 1 heterocycles. The highest BCUT2D eigenvalue weighted by Crippen LogP contribution is 2.29. The Hall–Kier alpha value is -2.91. The number of anilines is 3. The third kappa shape index (κ3) is 6.28. The molecule has 2 aromatic carbocycles. The number of nitrogens with one attached hydrogen (secondary N) is 3. The zero-order valence-electron chi connectivity index (χ0n) is 17.9. The van der Waals surface area contributed by atoms with E-state index >= 15 is 0 Å². The Balaban J connectivity index is 1.44. The number of rotatable bonds is 8. The molecule has 0 saturated heterocycles. The Labute approximate surface area is 190 Å². The molecular formula is C22H25N5O2S2. The lowest BCUT2D eigenvalue weighted by atomic mass is 10.1. The lowest BCUT2D eigenvalue weighted by Crippen LogP contribution is -2.34. The molecule has 0 aliphatic heterocycles. The van der Waals surface area contributed by atoms with Crippen LogP contribution < -0.4 is 16.0 Å².